The molecule has 2 aromatic carbocycles. The quantitative estimate of drug-likeness (QED) is 0.680. The molecule has 3 aromatic rings. The van der Waals surface area contributed by atoms with Gasteiger partial charge in [-0.05, 0) is 56.3 Å². The number of carbonyl (C=O) groups is 1. The van der Waals surface area contributed by atoms with Crippen LogP contribution in [0.2, 0.25) is 5.02 Å². The Morgan fingerprint density at radius 3 is 2.82 bits per heavy atom. The summed E-state index contributed by atoms with van der Waals surface area (Å²) in [4.78, 5) is 22.8. The first kappa shape index (κ1) is 18.8. The largest absolute Gasteiger partial charge is 0.495 e. The van der Waals surface area contributed by atoms with Crippen LogP contribution in [-0.2, 0) is 4.79 Å². The molecular weight excluding hydrogens is 376 g/mol. The number of piperidine rings is 1. The molecule has 0 aliphatic carbocycles. The number of H-pyrrole nitrogens is 1. The molecule has 1 saturated heterocycles. The topological polar surface area (TPSA) is 70.2 Å². The summed E-state index contributed by atoms with van der Waals surface area (Å²) < 4.78 is 5.28. The maximum absolute atomic E-state index is 12.5. The lowest BCUT2D eigenvalue weighted by atomic mass is 9.96. The predicted molar refractivity (Wildman–Crippen MR) is 111 cm³/mol. The Hall–Kier alpha value is -2.57. The highest BCUT2D eigenvalue weighted by Crippen LogP contribution is 2.29. The zero-order valence-electron chi connectivity index (χ0n) is 15.7. The number of hydrogen-bond donors (Lipinski definition) is 2. The Balaban J connectivity index is 1.33. The first-order valence-corrected chi connectivity index (χ1v) is 9.80. The minimum Gasteiger partial charge on any atom is -0.495 e. The van der Waals surface area contributed by atoms with E-state index in [9.17, 15) is 4.79 Å². The average Bonchev–Trinajstić information content (AvgIpc) is 3.13. The van der Waals surface area contributed by atoms with Crippen molar-refractivity contribution in [2.45, 2.75) is 18.8 Å². The maximum Gasteiger partial charge on any atom is 0.238 e. The van der Waals surface area contributed by atoms with Crippen molar-refractivity contribution in [2.24, 2.45) is 0 Å². The van der Waals surface area contributed by atoms with E-state index >= 15 is 0 Å². The molecule has 2 heterocycles. The van der Waals surface area contributed by atoms with Gasteiger partial charge in [0.05, 0.1) is 30.4 Å². The van der Waals surface area contributed by atoms with Gasteiger partial charge in [-0.3, -0.25) is 9.69 Å². The number of para-hydroxylation sites is 2. The van der Waals surface area contributed by atoms with Crippen LogP contribution in [0, 0.1) is 0 Å². The van der Waals surface area contributed by atoms with E-state index in [1.54, 1.807) is 25.3 Å². The van der Waals surface area contributed by atoms with E-state index in [0.29, 0.717) is 28.9 Å². The van der Waals surface area contributed by atoms with Gasteiger partial charge >= 0.3 is 0 Å². The third kappa shape index (κ3) is 4.13. The molecule has 4 rings (SSSR count). The van der Waals surface area contributed by atoms with Crippen molar-refractivity contribution in [2.75, 3.05) is 32.1 Å². The van der Waals surface area contributed by atoms with Gasteiger partial charge in [-0.2, -0.15) is 0 Å². The van der Waals surface area contributed by atoms with Crippen molar-refractivity contribution >= 4 is 34.2 Å². The van der Waals surface area contributed by atoms with Gasteiger partial charge in [-0.25, -0.2) is 4.98 Å². The van der Waals surface area contributed by atoms with Gasteiger partial charge < -0.3 is 15.0 Å². The summed E-state index contributed by atoms with van der Waals surface area (Å²) in [6.07, 6.45) is 1.96. The summed E-state index contributed by atoms with van der Waals surface area (Å²) in [6, 6.07) is 13.3. The van der Waals surface area contributed by atoms with Gasteiger partial charge in [-0.15, -0.1) is 0 Å². The molecule has 6 nitrogen and oxygen atoms in total. The zero-order valence-corrected chi connectivity index (χ0v) is 16.5. The normalized spacial score (nSPS) is 15.6. The van der Waals surface area contributed by atoms with Crippen molar-refractivity contribution in [3.05, 3.63) is 53.3 Å². The number of amides is 1. The number of hydrogen-bond acceptors (Lipinski definition) is 4. The molecule has 0 radical (unpaired) electrons. The van der Waals surface area contributed by atoms with E-state index in [0.717, 1.165) is 42.8 Å². The summed E-state index contributed by atoms with van der Waals surface area (Å²) in [5.74, 6) is 1.98. The number of aromatic nitrogens is 2. The maximum atomic E-state index is 12.5. The second-order valence-corrected chi connectivity index (χ2v) is 7.52. The molecule has 1 aliphatic heterocycles. The summed E-state index contributed by atoms with van der Waals surface area (Å²) in [5.41, 5.74) is 2.68. The molecule has 0 atom stereocenters. The minimum absolute atomic E-state index is 0.0669. The van der Waals surface area contributed by atoms with E-state index in [1.165, 1.54) is 0 Å². The summed E-state index contributed by atoms with van der Waals surface area (Å²) in [5, 5.41) is 3.46. The Morgan fingerprint density at radius 2 is 2.07 bits per heavy atom. The lowest BCUT2D eigenvalue weighted by Crippen LogP contribution is -2.39. The monoisotopic (exact) mass is 398 g/mol. The molecule has 7 heteroatoms. The molecule has 1 aliphatic rings. The van der Waals surface area contributed by atoms with Crippen LogP contribution in [0.1, 0.15) is 24.6 Å². The fraction of sp³-hybridized carbons (Fsp3) is 0.333. The summed E-state index contributed by atoms with van der Waals surface area (Å²) in [7, 11) is 1.57. The van der Waals surface area contributed by atoms with Crippen LogP contribution in [0.25, 0.3) is 11.0 Å². The molecule has 0 bridgehead atoms. The number of halogens is 1. The number of aromatic amines is 1. The van der Waals surface area contributed by atoms with E-state index in [4.69, 9.17) is 21.3 Å². The van der Waals surface area contributed by atoms with Gasteiger partial charge in [0.1, 0.15) is 11.6 Å². The highest BCUT2D eigenvalue weighted by molar-refractivity contribution is 6.31. The van der Waals surface area contributed by atoms with Crippen LogP contribution in [0.5, 0.6) is 5.75 Å². The number of imidazole rings is 1. The van der Waals surface area contributed by atoms with Crippen molar-refractivity contribution in [3.8, 4) is 5.75 Å². The number of nitrogens with one attached hydrogen (secondary N) is 2. The highest BCUT2D eigenvalue weighted by Gasteiger charge is 2.24. The van der Waals surface area contributed by atoms with Crippen LogP contribution in [-0.4, -0.2) is 47.5 Å². The van der Waals surface area contributed by atoms with Crippen LogP contribution in [0.15, 0.2) is 42.5 Å². The molecule has 0 spiro atoms. The van der Waals surface area contributed by atoms with Gasteiger partial charge in [0, 0.05) is 10.9 Å². The highest BCUT2D eigenvalue weighted by atomic mass is 35.5. The number of benzene rings is 2. The van der Waals surface area contributed by atoms with Gasteiger partial charge in [0.15, 0.2) is 0 Å². The van der Waals surface area contributed by atoms with Gasteiger partial charge in [-0.1, -0.05) is 23.7 Å². The fourth-order valence-electron chi connectivity index (χ4n) is 3.70. The van der Waals surface area contributed by atoms with Gasteiger partial charge in [0.2, 0.25) is 5.91 Å². The number of carbonyl (C=O) groups excluding carboxylic acids is 1. The van der Waals surface area contributed by atoms with Crippen LogP contribution >= 0.6 is 11.6 Å². The van der Waals surface area contributed by atoms with E-state index in [1.807, 2.05) is 18.2 Å². The standard InChI is InChI=1S/C21H23ClN4O2/c1-28-19-7-6-15(22)12-18(19)23-20(27)13-26-10-8-14(9-11-26)21-24-16-4-2-3-5-17(16)25-21/h2-7,12,14H,8-11,13H2,1H3,(H,23,27)(H,24,25). The summed E-state index contributed by atoms with van der Waals surface area (Å²) >= 11 is 6.03. The van der Waals surface area contributed by atoms with Gasteiger partial charge in [0.25, 0.3) is 0 Å². The van der Waals surface area contributed by atoms with E-state index in [-0.39, 0.29) is 5.91 Å². The Bertz CT molecular complexity index is 946. The molecule has 0 unspecified atom stereocenters. The third-order valence-corrected chi connectivity index (χ3v) is 5.42. The Morgan fingerprint density at radius 1 is 1.29 bits per heavy atom. The van der Waals surface area contributed by atoms with E-state index in [2.05, 4.69) is 21.3 Å². The Kier molecular flexibility index (Phi) is 5.50. The minimum atomic E-state index is -0.0669. The molecule has 0 saturated carbocycles. The number of fused-ring (bicyclic) bond motifs is 1. The van der Waals surface area contributed by atoms with Crippen LogP contribution in [0.3, 0.4) is 0 Å². The van der Waals surface area contributed by atoms with Crippen molar-refractivity contribution in [1.29, 1.82) is 0 Å². The van der Waals surface area contributed by atoms with Crippen LogP contribution < -0.4 is 10.1 Å². The molecule has 1 amide bonds. The molecule has 1 fully saturated rings. The molecule has 1 aromatic heterocycles. The number of nitrogens with zero attached hydrogens (tertiary/aromatic N) is 2. The van der Waals surface area contributed by atoms with Crippen LogP contribution in [0.4, 0.5) is 5.69 Å². The second kappa shape index (κ2) is 8.20. The van der Waals surface area contributed by atoms with E-state index < -0.39 is 0 Å². The predicted octanol–water partition coefficient (Wildman–Crippen LogP) is 4.04. The first-order valence-electron chi connectivity index (χ1n) is 9.43. The fourth-order valence-corrected chi connectivity index (χ4v) is 3.87. The Labute approximate surface area is 168 Å². The van der Waals surface area contributed by atoms with Crippen molar-refractivity contribution in [1.82, 2.24) is 14.9 Å². The van der Waals surface area contributed by atoms with Crippen molar-refractivity contribution < 1.29 is 9.53 Å². The number of ether oxygens (including phenoxy) is 1. The smallest absolute Gasteiger partial charge is 0.238 e. The molecule has 146 valence electrons. The number of anilines is 1. The lowest BCUT2D eigenvalue weighted by molar-refractivity contribution is -0.117. The lowest BCUT2D eigenvalue weighted by Gasteiger charge is -2.30. The average molecular weight is 399 g/mol. The number of likely N-dealkylation sites (tertiary alicyclic amines) is 1. The molecular formula is C21H23ClN4O2. The number of methoxy groups -OCH3 is 1. The third-order valence-electron chi connectivity index (χ3n) is 5.18. The number of rotatable bonds is 5. The van der Waals surface area contributed by atoms with Crippen molar-refractivity contribution in [3.63, 3.8) is 0 Å². The first-order chi connectivity index (χ1) is 13.6. The summed E-state index contributed by atoms with van der Waals surface area (Å²) in [6.45, 7) is 2.08. The SMILES string of the molecule is COc1ccc(Cl)cc1NC(=O)CN1CCC(c2nc3ccccc3[nH]2)CC1. The molecule has 2 N–H and O–H groups in total. The molecule has 28 heavy (non-hydrogen) atoms. The second-order valence-electron chi connectivity index (χ2n) is 7.08. The zero-order chi connectivity index (χ0) is 19.5.